The topological polar surface area (TPSA) is 72.6 Å². The molecule has 1 aliphatic carbocycles. The predicted octanol–water partition coefficient (Wildman–Crippen LogP) is 11.9. The third kappa shape index (κ3) is 4.81. The van der Waals surface area contributed by atoms with Crippen molar-refractivity contribution in [3.05, 3.63) is 180 Å². The van der Waals surface area contributed by atoms with Crippen LogP contribution in [-0.2, 0) is 13.1 Å². The van der Waals surface area contributed by atoms with Gasteiger partial charge in [-0.25, -0.2) is 0 Å². The van der Waals surface area contributed by atoms with Gasteiger partial charge in [-0.3, -0.25) is 10.6 Å². The number of hydrogen-bond acceptors (Lipinski definition) is 4. The van der Waals surface area contributed by atoms with Crippen LogP contribution >= 0.6 is 0 Å². The molecule has 2 atom stereocenters. The van der Waals surface area contributed by atoms with Crippen LogP contribution in [0.25, 0.3) is 98.7 Å². The molecule has 2 unspecified atom stereocenters. The molecule has 60 heavy (non-hydrogen) atoms. The highest BCUT2D eigenvalue weighted by molar-refractivity contribution is 6.33. The molecule has 0 amide bonds. The minimum atomic E-state index is -0.426. The maximum Gasteiger partial charge on any atom is 0.135 e. The summed E-state index contributed by atoms with van der Waals surface area (Å²) in [6, 6.07) is 56.6. The van der Waals surface area contributed by atoms with Crippen LogP contribution in [0, 0.1) is 0 Å². The highest BCUT2D eigenvalue weighted by atomic mass is 16.3. The Labute approximate surface area is 345 Å². The molecule has 1 aliphatic rings. The number of aryl methyl sites for hydroxylation is 1. The van der Waals surface area contributed by atoms with Crippen molar-refractivity contribution in [1.29, 1.82) is 0 Å². The second-order valence-electron chi connectivity index (χ2n) is 16.5. The molecule has 4 N–H and O–H groups in total. The van der Waals surface area contributed by atoms with Crippen LogP contribution in [0.2, 0.25) is 0 Å². The van der Waals surface area contributed by atoms with Gasteiger partial charge in [-0.05, 0) is 87.8 Å². The quantitative estimate of drug-likeness (QED) is 0.141. The molecule has 0 spiro atoms. The second kappa shape index (κ2) is 13.0. The van der Waals surface area contributed by atoms with E-state index in [1.165, 1.54) is 81.5 Å². The molecular weight excluding hydrogens is 735 g/mol. The van der Waals surface area contributed by atoms with E-state index >= 15 is 0 Å². The summed E-state index contributed by atoms with van der Waals surface area (Å²) < 4.78 is 11.6. The number of aromatic nitrogens is 2. The Hall–Kier alpha value is -6.96. The van der Waals surface area contributed by atoms with E-state index in [1.54, 1.807) is 0 Å². The Morgan fingerprint density at radius 3 is 2.13 bits per heavy atom. The molecule has 0 aliphatic heterocycles. The Bertz CT molecular complexity index is 3760. The zero-order chi connectivity index (χ0) is 39.5. The van der Waals surface area contributed by atoms with Crippen molar-refractivity contribution >= 4 is 98.7 Å². The van der Waals surface area contributed by atoms with Gasteiger partial charge in [-0.1, -0.05) is 133 Å². The van der Waals surface area contributed by atoms with Gasteiger partial charge in [0.15, 0.2) is 0 Å². The average molecular weight is 776 g/mol. The van der Waals surface area contributed by atoms with E-state index in [-0.39, 0.29) is 6.17 Å². The number of fused-ring (bicyclic) bond motifs is 17. The number of nitrogens with one attached hydrogen (secondary N) is 2. The average Bonchev–Trinajstić information content (AvgIpc) is 3.98. The number of nitrogens with two attached hydrogens (primary N) is 1. The minimum Gasteiger partial charge on any atom is -0.456 e. The number of furan rings is 1. The van der Waals surface area contributed by atoms with Crippen molar-refractivity contribution in [2.75, 3.05) is 0 Å². The van der Waals surface area contributed by atoms with E-state index in [0.717, 1.165) is 52.3 Å². The maximum atomic E-state index is 7.04. The van der Waals surface area contributed by atoms with Gasteiger partial charge in [0.1, 0.15) is 11.2 Å². The SMILES string of the molecule is NC(NC(NCn1c2ccccc2c2c3ccccc3c3c4c5c(c6cc7ccccc7cc6n5c3c21)=CCCC4)c1cccc2oc3ccccc3c12)c1ccccc1. The van der Waals surface area contributed by atoms with Crippen molar-refractivity contribution in [3.63, 3.8) is 0 Å². The third-order valence-corrected chi connectivity index (χ3v) is 13.3. The fraction of sp³-hybridized carbons (Fsp3) is 0.111. The molecule has 0 bridgehead atoms. The highest BCUT2D eigenvalue weighted by Crippen LogP contribution is 2.46. The Morgan fingerprint density at radius 2 is 1.28 bits per heavy atom. The van der Waals surface area contributed by atoms with Crippen LogP contribution < -0.4 is 21.6 Å². The van der Waals surface area contributed by atoms with Crippen LogP contribution in [0.5, 0.6) is 0 Å². The highest BCUT2D eigenvalue weighted by Gasteiger charge is 2.28. The standard InChI is InChI=1S/C54H41N5O/c55-53(32-15-2-1-3-16-32)57-54(41-25-14-28-46-47(41)39-23-11-13-27-45(39)60-46)56-31-58-43-26-12-10-22-38(43)48-35-19-6-7-20-36(35)49-40-24-9-8-21-37-42-29-33-17-4-5-18-34(33)30-44(42)59(50(37)40)52(49)51(48)58/h1-7,10-23,25-30,53-54,56-57H,8-9,24,31,55H2. The fourth-order valence-electron chi connectivity index (χ4n) is 10.7. The van der Waals surface area contributed by atoms with Crippen molar-refractivity contribution in [2.24, 2.45) is 5.73 Å². The first-order valence-electron chi connectivity index (χ1n) is 21.1. The third-order valence-electron chi connectivity index (χ3n) is 13.3. The molecule has 0 saturated carbocycles. The minimum absolute atomic E-state index is 0.335. The van der Waals surface area contributed by atoms with Gasteiger partial charge >= 0.3 is 0 Å². The first-order valence-corrected chi connectivity index (χ1v) is 21.1. The molecule has 4 aromatic heterocycles. The summed E-state index contributed by atoms with van der Waals surface area (Å²) in [6.45, 7) is 0.520. The Kier molecular flexibility index (Phi) is 7.37. The van der Waals surface area contributed by atoms with Crippen LogP contribution in [0.3, 0.4) is 0 Å². The van der Waals surface area contributed by atoms with Gasteiger partial charge in [0.05, 0.1) is 46.6 Å². The van der Waals surface area contributed by atoms with Crippen LogP contribution in [-0.4, -0.2) is 8.97 Å². The number of hydrogen-bond donors (Lipinski definition) is 3. The lowest BCUT2D eigenvalue weighted by Gasteiger charge is -2.26. The monoisotopic (exact) mass is 775 g/mol. The fourth-order valence-corrected chi connectivity index (χ4v) is 10.7. The summed E-state index contributed by atoms with van der Waals surface area (Å²) >= 11 is 0. The van der Waals surface area contributed by atoms with E-state index in [9.17, 15) is 0 Å². The van der Waals surface area contributed by atoms with E-state index < -0.39 is 6.17 Å². The smallest absolute Gasteiger partial charge is 0.135 e. The molecule has 12 aromatic rings. The van der Waals surface area contributed by atoms with Gasteiger partial charge < -0.3 is 19.1 Å². The van der Waals surface area contributed by atoms with E-state index in [1.807, 2.05) is 30.3 Å². The largest absolute Gasteiger partial charge is 0.456 e. The van der Waals surface area contributed by atoms with Crippen LogP contribution in [0.4, 0.5) is 0 Å². The molecular formula is C54H41N5O. The first kappa shape index (κ1) is 34.0. The van der Waals surface area contributed by atoms with Gasteiger partial charge in [-0.15, -0.1) is 0 Å². The van der Waals surface area contributed by atoms with Crippen LogP contribution in [0.15, 0.2) is 162 Å². The van der Waals surface area contributed by atoms with E-state index in [4.69, 9.17) is 10.2 Å². The molecule has 288 valence electrons. The Balaban J connectivity index is 1.11. The zero-order valence-electron chi connectivity index (χ0n) is 33.0. The summed E-state index contributed by atoms with van der Waals surface area (Å²) in [5, 5.41) is 21.8. The molecule has 8 aromatic carbocycles. The van der Waals surface area contributed by atoms with E-state index in [2.05, 4.69) is 153 Å². The van der Waals surface area contributed by atoms with Crippen molar-refractivity contribution in [2.45, 2.75) is 38.3 Å². The van der Waals surface area contributed by atoms with Crippen LogP contribution in [0.1, 0.15) is 41.9 Å². The lowest BCUT2D eigenvalue weighted by atomic mass is 9.96. The normalized spacial score (nSPS) is 14.4. The molecule has 0 fully saturated rings. The molecule has 6 nitrogen and oxygen atoms in total. The summed E-state index contributed by atoms with van der Waals surface area (Å²) in [6.07, 6.45) is 4.97. The summed E-state index contributed by atoms with van der Waals surface area (Å²) in [7, 11) is 0. The molecule has 13 rings (SSSR count). The lowest BCUT2D eigenvalue weighted by molar-refractivity contribution is 0.365. The van der Waals surface area contributed by atoms with Gasteiger partial charge in [0, 0.05) is 37.5 Å². The molecule has 4 heterocycles. The van der Waals surface area contributed by atoms with Crippen molar-refractivity contribution < 1.29 is 4.42 Å². The van der Waals surface area contributed by atoms with Gasteiger partial charge in [-0.2, -0.15) is 0 Å². The molecule has 0 saturated heterocycles. The number of benzene rings is 8. The predicted molar refractivity (Wildman–Crippen MR) is 249 cm³/mol. The van der Waals surface area contributed by atoms with E-state index in [0.29, 0.717) is 6.67 Å². The summed E-state index contributed by atoms with van der Waals surface area (Å²) in [5.41, 5.74) is 18.7. The maximum absolute atomic E-state index is 7.04. The number of nitrogens with zero attached hydrogens (tertiary/aromatic N) is 2. The molecule has 0 radical (unpaired) electrons. The van der Waals surface area contributed by atoms with Crippen molar-refractivity contribution in [3.8, 4) is 0 Å². The second-order valence-corrected chi connectivity index (χ2v) is 16.5. The van der Waals surface area contributed by atoms with Gasteiger partial charge in [0.25, 0.3) is 0 Å². The Morgan fingerprint density at radius 1 is 0.583 bits per heavy atom. The summed E-state index contributed by atoms with van der Waals surface area (Å²) in [5.74, 6) is 0. The summed E-state index contributed by atoms with van der Waals surface area (Å²) in [4.78, 5) is 0. The number of rotatable bonds is 7. The molecule has 6 heteroatoms. The lowest BCUT2D eigenvalue weighted by Crippen LogP contribution is -2.40. The van der Waals surface area contributed by atoms with Gasteiger partial charge in [0.2, 0.25) is 0 Å². The zero-order valence-corrected chi connectivity index (χ0v) is 33.0. The number of para-hydroxylation sites is 2. The first-order chi connectivity index (χ1) is 29.7. The van der Waals surface area contributed by atoms with Crippen molar-refractivity contribution in [1.82, 2.24) is 19.6 Å².